The molecule has 0 saturated carbocycles. The fourth-order valence-electron chi connectivity index (χ4n) is 1.46. The minimum absolute atomic E-state index is 0.0225. The van der Waals surface area contributed by atoms with Crippen LogP contribution in [-0.4, -0.2) is 34.6 Å². The van der Waals surface area contributed by atoms with Crippen molar-refractivity contribution in [2.24, 2.45) is 0 Å². The lowest BCUT2D eigenvalue weighted by Crippen LogP contribution is -2.29. The van der Waals surface area contributed by atoms with Gasteiger partial charge in [-0.1, -0.05) is 0 Å². The lowest BCUT2D eigenvalue weighted by atomic mass is 10.2. The number of rotatable bonds is 5. The fraction of sp³-hybridized carbons (Fsp3) is 0.364. The average Bonchev–Trinajstić information content (AvgIpc) is 2.39. The van der Waals surface area contributed by atoms with Gasteiger partial charge >= 0.3 is 5.97 Å². The number of ether oxygens (including phenoxy) is 1. The van der Waals surface area contributed by atoms with Crippen LogP contribution in [0.4, 0.5) is 11.4 Å². The Kier molecular flexibility index (Phi) is 4.73. The first-order chi connectivity index (χ1) is 8.81. The number of esters is 1. The molecule has 0 aromatic heterocycles. The van der Waals surface area contributed by atoms with E-state index in [1.807, 2.05) is 0 Å². The van der Waals surface area contributed by atoms with E-state index in [2.05, 4.69) is 14.8 Å². The Balaban J connectivity index is 3.18. The summed E-state index contributed by atoms with van der Waals surface area (Å²) in [4.78, 5) is 11.3. The molecular weight excluding hydrogens is 270 g/mol. The molecule has 1 aromatic carbocycles. The maximum Gasteiger partial charge on any atom is 0.327 e. The summed E-state index contributed by atoms with van der Waals surface area (Å²) in [6.45, 7) is 1.57. The van der Waals surface area contributed by atoms with Crippen LogP contribution >= 0.6 is 0 Å². The lowest BCUT2D eigenvalue weighted by molar-refractivity contribution is -0.141. The molecule has 0 bridgehead atoms. The van der Waals surface area contributed by atoms with Crippen molar-refractivity contribution in [2.45, 2.75) is 17.9 Å². The highest BCUT2D eigenvalue weighted by atomic mass is 32.2. The normalized spacial score (nSPS) is 12.8. The molecule has 106 valence electrons. The number of nitrogens with two attached hydrogens (primary N) is 1. The number of nitrogen functional groups attached to an aromatic ring is 1. The van der Waals surface area contributed by atoms with Gasteiger partial charge in [-0.05, 0) is 32.2 Å². The molecular formula is C11H17N3O4S. The summed E-state index contributed by atoms with van der Waals surface area (Å²) in [5.74, 6) is -0.496. The van der Waals surface area contributed by atoms with Crippen LogP contribution in [0.3, 0.4) is 0 Å². The van der Waals surface area contributed by atoms with Crippen LogP contribution in [0.15, 0.2) is 23.1 Å². The van der Waals surface area contributed by atoms with Gasteiger partial charge < -0.3 is 15.8 Å². The molecule has 4 N–H and O–H groups in total. The summed E-state index contributed by atoms with van der Waals surface area (Å²) in [6, 6.07) is 3.68. The van der Waals surface area contributed by atoms with Gasteiger partial charge in [0.15, 0.2) is 0 Å². The molecule has 7 nitrogen and oxygen atoms in total. The summed E-state index contributed by atoms with van der Waals surface area (Å²) in [5.41, 5.74) is 6.17. The summed E-state index contributed by atoms with van der Waals surface area (Å²) >= 11 is 0. The van der Waals surface area contributed by atoms with Crippen molar-refractivity contribution in [2.75, 3.05) is 25.2 Å². The van der Waals surface area contributed by atoms with E-state index in [1.165, 1.54) is 26.3 Å². The van der Waals surface area contributed by atoms with Crippen molar-refractivity contribution >= 4 is 27.4 Å². The van der Waals surface area contributed by atoms with Crippen LogP contribution in [0.2, 0.25) is 0 Å². The summed E-state index contributed by atoms with van der Waals surface area (Å²) < 4.78 is 30.5. The first kappa shape index (κ1) is 15.3. The highest BCUT2D eigenvalue weighted by Crippen LogP contribution is 2.24. The van der Waals surface area contributed by atoms with Crippen LogP contribution in [0.5, 0.6) is 0 Å². The topological polar surface area (TPSA) is 111 Å². The molecule has 1 atom stereocenters. The van der Waals surface area contributed by atoms with Crippen molar-refractivity contribution in [3.63, 3.8) is 0 Å². The molecule has 0 amide bonds. The van der Waals surface area contributed by atoms with Crippen molar-refractivity contribution < 1.29 is 17.9 Å². The molecule has 0 fully saturated rings. The Bertz CT molecular complexity index is 571. The summed E-state index contributed by atoms with van der Waals surface area (Å²) in [7, 11) is -1.12. The minimum atomic E-state index is -3.67. The van der Waals surface area contributed by atoms with Crippen molar-refractivity contribution in [1.29, 1.82) is 0 Å². The summed E-state index contributed by atoms with van der Waals surface area (Å²) in [6.07, 6.45) is 0. The first-order valence-corrected chi connectivity index (χ1v) is 6.97. The molecule has 0 saturated heterocycles. The SMILES string of the molecule is CNS(=O)(=O)c1cc(N)ccc1NC(C)C(=O)OC. The number of anilines is 2. The molecule has 19 heavy (non-hydrogen) atoms. The van der Waals surface area contributed by atoms with E-state index in [0.29, 0.717) is 5.69 Å². The Morgan fingerprint density at radius 2 is 2.05 bits per heavy atom. The summed E-state index contributed by atoms with van der Waals surface area (Å²) in [5, 5.41) is 2.78. The third kappa shape index (κ3) is 3.58. The van der Waals surface area contributed by atoms with Crippen LogP contribution in [0, 0.1) is 0 Å². The standard InChI is InChI=1S/C11H17N3O4S/c1-7(11(15)18-3)14-9-5-4-8(12)6-10(9)19(16,17)13-2/h4-7,13-14H,12H2,1-3H3. The van der Waals surface area contributed by atoms with Crippen LogP contribution in [-0.2, 0) is 19.6 Å². The third-order valence-corrected chi connectivity index (χ3v) is 3.94. The molecule has 0 aliphatic carbocycles. The van der Waals surface area contributed by atoms with E-state index >= 15 is 0 Å². The number of hydrogen-bond acceptors (Lipinski definition) is 6. The predicted octanol–water partition coefficient (Wildman–Crippen LogP) is 0.150. The maximum absolute atomic E-state index is 11.9. The van der Waals surface area contributed by atoms with Crippen molar-refractivity contribution in [1.82, 2.24) is 4.72 Å². The second-order valence-electron chi connectivity index (χ2n) is 3.85. The largest absolute Gasteiger partial charge is 0.467 e. The van der Waals surface area contributed by atoms with Gasteiger partial charge in [0.2, 0.25) is 10.0 Å². The molecule has 0 heterocycles. The van der Waals surface area contributed by atoms with E-state index in [-0.39, 0.29) is 10.6 Å². The van der Waals surface area contributed by atoms with Gasteiger partial charge in [-0.25, -0.2) is 17.9 Å². The Morgan fingerprint density at radius 1 is 1.42 bits per heavy atom. The molecule has 0 aliphatic rings. The van der Waals surface area contributed by atoms with E-state index in [1.54, 1.807) is 13.0 Å². The number of hydrogen-bond donors (Lipinski definition) is 3. The zero-order valence-electron chi connectivity index (χ0n) is 10.9. The number of carbonyl (C=O) groups excluding carboxylic acids is 1. The lowest BCUT2D eigenvalue weighted by Gasteiger charge is -2.16. The van der Waals surface area contributed by atoms with Crippen LogP contribution in [0.1, 0.15) is 6.92 Å². The van der Waals surface area contributed by atoms with Crippen molar-refractivity contribution in [3.05, 3.63) is 18.2 Å². The molecule has 1 aromatic rings. The average molecular weight is 287 g/mol. The van der Waals surface area contributed by atoms with E-state index < -0.39 is 22.0 Å². The Labute approximate surface area is 112 Å². The molecule has 8 heteroatoms. The second-order valence-corrected chi connectivity index (χ2v) is 5.71. The number of carbonyl (C=O) groups is 1. The smallest absolute Gasteiger partial charge is 0.327 e. The number of methoxy groups -OCH3 is 1. The molecule has 1 rings (SSSR count). The Morgan fingerprint density at radius 3 is 2.58 bits per heavy atom. The highest BCUT2D eigenvalue weighted by Gasteiger charge is 2.20. The van der Waals surface area contributed by atoms with Gasteiger partial charge in [0, 0.05) is 5.69 Å². The zero-order chi connectivity index (χ0) is 14.6. The van der Waals surface area contributed by atoms with Gasteiger partial charge in [-0.3, -0.25) is 0 Å². The molecule has 1 unspecified atom stereocenters. The van der Waals surface area contributed by atoms with Crippen LogP contribution < -0.4 is 15.8 Å². The minimum Gasteiger partial charge on any atom is -0.467 e. The van der Waals surface area contributed by atoms with Crippen molar-refractivity contribution in [3.8, 4) is 0 Å². The fourth-order valence-corrected chi connectivity index (χ4v) is 2.39. The maximum atomic E-state index is 11.9. The predicted molar refractivity (Wildman–Crippen MR) is 72.2 cm³/mol. The third-order valence-electron chi connectivity index (χ3n) is 2.49. The molecule has 0 spiro atoms. The van der Waals surface area contributed by atoms with Gasteiger partial charge in [-0.15, -0.1) is 0 Å². The number of nitrogens with one attached hydrogen (secondary N) is 2. The highest BCUT2D eigenvalue weighted by molar-refractivity contribution is 7.89. The number of sulfonamides is 1. The van der Waals surface area contributed by atoms with E-state index in [4.69, 9.17) is 5.73 Å². The van der Waals surface area contributed by atoms with Crippen LogP contribution in [0.25, 0.3) is 0 Å². The molecule has 0 radical (unpaired) electrons. The van der Waals surface area contributed by atoms with Gasteiger partial charge in [-0.2, -0.15) is 0 Å². The monoisotopic (exact) mass is 287 g/mol. The number of benzene rings is 1. The van der Waals surface area contributed by atoms with E-state index in [0.717, 1.165) is 0 Å². The zero-order valence-corrected chi connectivity index (χ0v) is 11.7. The second kappa shape index (κ2) is 5.89. The first-order valence-electron chi connectivity index (χ1n) is 5.49. The Hall–Kier alpha value is -1.80. The quantitative estimate of drug-likeness (QED) is 0.525. The molecule has 0 aliphatic heterocycles. The van der Waals surface area contributed by atoms with Gasteiger partial charge in [0.25, 0.3) is 0 Å². The van der Waals surface area contributed by atoms with Gasteiger partial charge in [0.1, 0.15) is 10.9 Å². The van der Waals surface area contributed by atoms with Gasteiger partial charge in [0.05, 0.1) is 12.8 Å². The van der Waals surface area contributed by atoms with E-state index in [9.17, 15) is 13.2 Å².